The third-order valence-corrected chi connectivity index (χ3v) is 3.86. The van der Waals surface area contributed by atoms with Gasteiger partial charge in [0.2, 0.25) is 0 Å². The lowest BCUT2D eigenvalue weighted by Gasteiger charge is -2.34. The molecule has 10 heteroatoms. The summed E-state index contributed by atoms with van der Waals surface area (Å²) in [4.78, 5) is 35.5. The van der Waals surface area contributed by atoms with E-state index in [1.807, 2.05) is 0 Å². The number of H-pyrrole nitrogens is 1. The second-order valence-electron chi connectivity index (χ2n) is 5.38. The Kier molecular flexibility index (Phi) is 4.13. The van der Waals surface area contributed by atoms with E-state index in [1.54, 1.807) is 0 Å². The van der Waals surface area contributed by atoms with Gasteiger partial charge in [-0.3, -0.25) is 24.8 Å². The quantitative estimate of drug-likeness (QED) is 0.622. The van der Waals surface area contributed by atoms with Gasteiger partial charge in [0.25, 0.3) is 11.6 Å². The molecule has 1 fully saturated rings. The van der Waals surface area contributed by atoms with Crippen LogP contribution in [0.1, 0.15) is 16.9 Å². The van der Waals surface area contributed by atoms with Crippen LogP contribution in [0.3, 0.4) is 0 Å². The molecule has 0 radical (unpaired) electrons. The lowest BCUT2D eigenvalue weighted by molar-refractivity contribution is -0.384. The van der Waals surface area contributed by atoms with Crippen LogP contribution < -0.4 is 0 Å². The first-order chi connectivity index (χ1) is 11.5. The zero-order valence-electron chi connectivity index (χ0n) is 12.5. The summed E-state index contributed by atoms with van der Waals surface area (Å²) in [5.41, 5.74) is 0.375. The Balaban J connectivity index is 1.96. The molecule has 24 heavy (non-hydrogen) atoms. The van der Waals surface area contributed by atoms with Crippen molar-refractivity contribution in [2.45, 2.75) is 12.5 Å². The van der Waals surface area contributed by atoms with Gasteiger partial charge in [-0.05, 0) is 6.07 Å². The van der Waals surface area contributed by atoms with Gasteiger partial charge in [0.1, 0.15) is 0 Å². The van der Waals surface area contributed by atoms with E-state index in [2.05, 4.69) is 10.2 Å². The molecule has 0 spiro atoms. The van der Waals surface area contributed by atoms with Gasteiger partial charge >= 0.3 is 5.97 Å². The van der Waals surface area contributed by atoms with Crippen LogP contribution in [0.25, 0.3) is 10.9 Å². The summed E-state index contributed by atoms with van der Waals surface area (Å²) in [5, 5.41) is 26.8. The molecule has 10 nitrogen and oxygen atoms in total. The normalized spacial score (nSPS) is 17.8. The van der Waals surface area contributed by atoms with Crippen molar-refractivity contribution in [3.05, 3.63) is 34.0 Å². The minimum absolute atomic E-state index is 0.0333. The van der Waals surface area contributed by atoms with Crippen molar-refractivity contribution in [2.24, 2.45) is 0 Å². The highest BCUT2D eigenvalue weighted by atomic mass is 16.6. The number of aromatic nitrogens is 2. The number of carboxylic acids is 1. The first-order valence-electron chi connectivity index (χ1n) is 7.20. The molecule has 2 aromatic rings. The van der Waals surface area contributed by atoms with Crippen molar-refractivity contribution in [1.29, 1.82) is 0 Å². The maximum atomic E-state index is 12.8. The van der Waals surface area contributed by atoms with Crippen molar-refractivity contribution >= 4 is 28.5 Å². The van der Waals surface area contributed by atoms with Crippen molar-refractivity contribution in [2.75, 3.05) is 19.8 Å². The summed E-state index contributed by atoms with van der Waals surface area (Å²) >= 11 is 0. The van der Waals surface area contributed by atoms with Crippen LogP contribution in [-0.2, 0) is 9.53 Å². The zero-order chi connectivity index (χ0) is 17.3. The van der Waals surface area contributed by atoms with Gasteiger partial charge in [-0.15, -0.1) is 0 Å². The highest BCUT2D eigenvalue weighted by Gasteiger charge is 2.32. The van der Waals surface area contributed by atoms with Crippen LogP contribution in [0.15, 0.2) is 18.2 Å². The third kappa shape index (κ3) is 2.91. The molecule has 0 saturated carbocycles. The van der Waals surface area contributed by atoms with Crippen LogP contribution in [0.2, 0.25) is 0 Å². The molecule has 1 aliphatic rings. The molecule has 1 aromatic heterocycles. The number of non-ortho nitro benzene ring substituents is 1. The molecule has 1 atom stereocenters. The molecule has 1 aromatic carbocycles. The highest BCUT2D eigenvalue weighted by molar-refractivity contribution is 6.05. The number of nitro benzene ring substituents is 1. The summed E-state index contributed by atoms with van der Waals surface area (Å²) < 4.78 is 5.24. The molecule has 1 unspecified atom stereocenters. The van der Waals surface area contributed by atoms with E-state index in [0.29, 0.717) is 17.5 Å². The lowest BCUT2D eigenvalue weighted by atomic mass is 10.1. The smallest absolute Gasteiger partial charge is 0.305 e. The maximum Gasteiger partial charge on any atom is 0.305 e. The number of benzene rings is 1. The van der Waals surface area contributed by atoms with Gasteiger partial charge < -0.3 is 14.7 Å². The minimum Gasteiger partial charge on any atom is -0.481 e. The van der Waals surface area contributed by atoms with Crippen molar-refractivity contribution < 1.29 is 24.4 Å². The number of rotatable bonds is 4. The summed E-state index contributed by atoms with van der Waals surface area (Å²) in [5.74, 6) is -1.51. The minimum atomic E-state index is -1.04. The standard InChI is InChI=1S/C14H14N4O6/c19-12(20)6-9-7-24-4-3-17(9)14(21)13-10-5-8(18(22)23)1-2-11(10)15-16-13/h1-2,5,9H,3-4,6-7H2,(H,15,16)(H,19,20). The second kappa shape index (κ2) is 6.24. The summed E-state index contributed by atoms with van der Waals surface area (Å²) in [6, 6.07) is 3.47. The van der Waals surface area contributed by atoms with Crippen LogP contribution in [0.4, 0.5) is 5.69 Å². The van der Waals surface area contributed by atoms with E-state index < -0.39 is 22.8 Å². The maximum absolute atomic E-state index is 12.8. The summed E-state index contributed by atoms with van der Waals surface area (Å²) in [6.07, 6.45) is -0.242. The SMILES string of the molecule is O=C(O)CC1COCCN1C(=O)c1n[nH]c2ccc([N+](=O)[O-])cc12. The van der Waals surface area contributed by atoms with Crippen LogP contribution in [0, 0.1) is 10.1 Å². The number of nitrogens with one attached hydrogen (secondary N) is 1. The molecule has 2 N–H and O–H groups in total. The Hall–Kier alpha value is -3.01. The summed E-state index contributed by atoms with van der Waals surface area (Å²) in [6.45, 7) is 0.658. The van der Waals surface area contributed by atoms with E-state index in [4.69, 9.17) is 9.84 Å². The number of aromatic amines is 1. The number of morpholine rings is 1. The van der Waals surface area contributed by atoms with Crippen molar-refractivity contribution in [3.8, 4) is 0 Å². The van der Waals surface area contributed by atoms with Crippen LogP contribution >= 0.6 is 0 Å². The molecule has 0 aliphatic carbocycles. The number of carboxylic acid groups (broad SMARTS) is 1. The number of nitrogens with zero attached hydrogens (tertiary/aromatic N) is 3. The molecule has 126 valence electrons. The monoisotopic (exact) mass is 334 g/mol. The van der Waals surface area contributed by atoms with E-state index in [1.165, 1.54) is 23.1 Å². The number of amides is 1. The molecular weight excluding hydrogens is 320 g/mol. The first kappa shape index (κ1) is 15.9. The fourth-order valence-corrected chi connectivity index (χ4v) is 2.71. The fraction of sp³-hybridized carbons (Fsp3) is 0.357. The molecule has 1 aliphatic heterocycles. The third-order valence-electron chi connectivity index (χ3n) is 3.86. The number of ether oxygens (including phenoxy) is 1. The average molecular weight is 334 g/mol. The van der Waals surface area contributed by atoms with Crippen LogP contribution in [-0.4, -0.2) is 62.8 Å². The van der Waals surface area contributed by atoms with Gasteiger partial charge in [-0.2, -0.15) is 5.10 Å². The van der Waals surface area contributed by atoms with Gasteiger partial charge in [0.05, 0.1) is 36.1 Å². The molecule has 3 rings (SSSR count). The highest BCUT2D eigenvalue weighted by Crippen LogP contribution is 2.24. The Bertz CT molecular complexity index is 817. The zero-order valence-corrected chi connectivity index (χ0v) is 12.5. The second-order valence-corrected chi connectivity index (χ2v) is 5.38. The van der Waals surface area contributed by atoms with Gasteiger partial charge in [0, 0.05) is 24.1 Å². The number of carbonyl (C=O) groups excluding carboxylic acids is 1. The molecular formula is C14H14N4O6. The number of hydrogen-bond acceptors (Lipinski definition) is 6. The van der Waals surface area contributed by atoms with E-state index in [9.17, 15) is 19.7 Å². The molecule has 0 bridgehead atoms. The molecule has 2 heterocycles. The predicted molar refractivity (Wildman–Crippen MR) is 80.6 cm³/mol. The number of fused-ring (bicyclic) bond motifs is 1. The van der Waals surface area contributed by atoms with E-state index in [0.717, 1.165) is 0 Å². The van der Waals surface area contributed by atoms with Crippen molar-refractivity contribution in [3.63, 3.8) is 0 Å². The number of carbonyl (C=O) groups is 2. The number of aliphatic carboxylic acids is 1. The van der Waals surface area contributed by atoms with E-state index >= 15 is 0 Å². The molecule has 1 amide bonds. The lowest BCUT2D eigenvalue weighted by Crippen LogP contribution is -2.49. The Labute approximate surface area is 135 Å². The first-order valence-corrected chi connectivity index (χ1v) is 7.20. The van der Waals surface area contributed by atoms with Gasteiger partial charge in [-0.1, -0.05) is 0 Å². The van der Waals surface area contributed by atoms with Gasteiger partial charge in [0.15, 0.2) is 5.69 Å². The number of hydrogen-bond donors (Lipinski definition) is 2. The summed E-state index contributed by atoms with van der Waals surface area (Å²) in [7, 11) is 0. The van der Waals surface area contributed by atoms with Crippen molar-refractivity contribution in [1.82, 2.24) is 15.1 Å². The average Bonchev–Trinajstić information content (AvgIpc) is 2.97. The number of nitro groups is 1. The van der Waals surface area contributed by atoms with Gasteiger partial charge in [-0.25, -0.2) is 0 Å². The fourth-order valence-electron chi connectivity index (χ4n) is 2.71. The Morgan fingerprint density at radius 2 is 2.29 bits per heavy atom. The Morgan fingerprint density at radius 1 is 1.50 bits per heavy atom. The van der Waals surface area contributed by atoms with Crippen LogP contribution in [0.5, 0.6) is 0 Å². The largest absolute Gasteiger partial charge is 0.481 e. The van der Waals surface area contributed by atoms with E-state index in [-0.39, 0.29) is 31.0 Å². The Morgan fingerprint density at radius 3 is 3.00 bits per heavy atom. The topological polar surface area (TPSA) is 139 Å². The predicted octanol–water partition coefficient (Wildman–Crippen LogP) is 0.787. The molecule has 1 saturated heterocycles.